The first-order chi connectivity index (χ1) is 8.81. The van der Waals surface area contributed by atoms with E-state index in [4.69, 9.17) is 0 Å². The van der Waals surface area contributed by atoms with Crippen LogP contribution in [0, 0.1) is 11.7 Å². The van der Waals surface area contributed by atoms with Crippen LogP contribution in [0.15, 0.2) is 29.2 Å². The molecule has 0 bridgehead atoms. The van der Waals surface area contributed by atoms with Crippen molar-refractivity contribution in [1.29, 1.82) is 0 Å². The molecule has 0 fully saturated rings. The fourth-order valence-corrected chi connectivity index (χ4v) is 3.12. The molecule has 0 aliphatic rings. The molecule has 0 aliphatic heterocycles. The molecule has 0 aromatic heterocycles. The molecular formula is C14H22FNO2S. The highest BCUT2D eigenvalue weighted by Gasteiger charge is 2.17. The first-order valence-corrected chi connectivity index (χ1v) is 8.07. The Morgan fingerprint density at radius 3 is 2.21 bits per heavy atom. The van der Waals surface area contributed by atoms with Gasteiger partial charge in [-0.25, -0.2) is 17.5 Å². The van der Waals surface area contributed by atoms with Crippen LogP contribution in [0.1, 0.15) is 40.0 Å². The third kappa shape index (κ3) is 5.70. The molecule has 1 aromatic rings. The molecule has 0 saturated heterocycles. The number of nitrogens with one attached hydrogen (secondary N) is 1. The molecule has 19 heavy (non-hydrogen) atoms. The van der Waals surface area contributed by atoms with E-state index in [2.05, 4.69) is 18.6 Å². The van der Waals surface area contributed by atoms with Crippen molar-refractivity contribution < 1.29 is 12.8 Å². The Kier molecular flexibility index (Phi) is 5.94. The Bertz CT molecular complexity index is 483. The lowest BCUT2D eigenvalue weighted by atomic mass is 10.0. The van der Waals surface area contributed by atoms with E-state index in [1.807, 2.05) is 6.92 Å². The number of hydrogen-bond donors (Lipinski definition) is 1. The molecule has 0 radical (unpaired) electrons. The summed E-state index contributed by atoms with van der Waals surface area (Å²) < 4.78 is 39.4. The maximum Gasteiger partial charge on any atom is 0.240 e. The highest BCUT2D eigenvalue weighted by atomic mass is 32.2. The molecule has 108 valence electrons. The van der Waals surface area contributed by atoms with Crippen LogP contribution >= 0.6 is 0 Å². The van der Waals surface area contributed by atoms with E-state index < -0.39 is 15.8 Å². The second-order valence-corrected chi connectivity index (χ2v) is 7.01. The van der Waals surface area contributed by atoms with Crippen molar-refractivity contribution in [2.45, 2.75) is 51.0 Å². The average Bonchev–Trinajstić information content (AvgIpc) is 2.28. The largest absolute Gasteiger partial charge is 0.240 e. The molecule has 0 aliphatic carbocycles. The average molecular weight is 287 g/mol. The monoisotopic (exact) mass is 287 g/mol. The van der Waals surface area contributed by atoms with Crippen LogP contribution in [0.2, 0.25) is 0 Å². The van der Waals surface area contributed by atoms with Gasteiger partial charge >= 0.3 is 0 Å². The third-order valence-corrected chi connectivity index (χ3v) is 4.50. The summed E-state index contributed by atoms with van der Waals surface area (Å²) in [5.74, 6) is 0.185. The summed E-state index contributed by atoms with van der Waals surface area (Å²) >= 11 is 0. The van der Waals surface area contributed by atoms with Crippen molar-refractivity contribution >= 4 is 10.0 Å². The van der Waals surface area contributed by atoms with E-state index >= 15 is 0 Å². The summed E-state index contributed by atoms with van der Waals surface area (Å²) in [4.78, 5) is 0.101. The van der Waals surface area contributed by atoms with Gasteiger partial charge < -0.3 is 0 Å². The van der Waals surface area contributed by atoms with Gasteiger partial charge in [0.25, 0.3) is 0 Å². The molecule has 0 amide bonds. The van der Waals surface area contributed by atoms with Gasteiger partial charge in [-0.15, -0.1) is 0 Å². The van der Waals surface area contributed by atoms with E-state index in [9.17, 15) is 12.8 Å². The highest BCUT2D eigenvalue weighted by Crippen LogP contribution is 2.13. The number of benzene rings is 1. The molecule has 1 rings (SSSR count). The first-order valence-electron chi connectivity index (χ1n) is 6.59. The number of rotatable bonds is 7. The van der Waals surface area contributed by atoms with Gasteiger partial charge in [0, 0.05) is 6.04 Å². The van der Waals surface area contributed by atoms with E-state index in [0.717, 1.165) is 31.4 Å². The Morgan fingerprint density at radius 1 is 1.11 bits per heavy atom. The topological polar surface area (TPSA) is 46.2 Å². The fraction of sp³-hybridized carbons (Fsp3) is 0.571. The van der Waals surface area contributed by atoms with Crippen molar-refractivity contribution in [2.24, 2.45) is 5.92 Å². The van der Waals surface area contributed by atoms with Gasteiger partial charge in [-0.3, -0.25) is 0 Å². The van der Waals surface area contributed by atoms with E-state index in [1.54, 1.807) is 0 Å². The van der Waals surface area contributed by atoms with Crippen LogP contribution in [-0.2, 0) is 10.0 Å². The molecule has 0 heterocycles. The van der Waals surface area contributed by atoms with E-state index in [-0.39, 0.29) is 10.9 Å². The van der Waals surface area contributed by atoms with E-state index in [1.165, 1.54) is 12.1 Å². The maximum atomic E-state index is 12.8. The minimum atomic E-state index is -3.54. The predicted octanol–water partition coefficient (Wildman–Crippen LogP) is 3.32. The minimum absolute atomic E-state index is 0.101. The van der Waals surface area contributed by atoms with Gasteiger partial charge in [-0.1, -0.05) is 26.7 Å². The van der Waals surface area contributed by atoms with Gasteiger partial charge in [0.2, 0.25) is 10.0 Å². The molecule has 1 N–H and O–H groups in total. The van der Waals surface area contributed by atoms with Crippen LogP contribution in [-0.4, -0.2) is 14.5 Å². The van der Waals surface area contributed by atoms with Crippen molar-refractivity contribution in [3.05, 3.63) is 30.1 Å². The summed E-state index contributed by atoms with van der Waals surface area (Å²) in [5, 5.41) is 0. The van der Waals surface area contributed by atoms with Gasteiger partial charge in [0.1, 0.15) is 5.82 Å². The molecule has 3 nitrogen and oxygen atoms in total. The van der Waals surface area contributed by atoms with Crippen LogP contribution < -0.4 is 4.72 Å². The predicted molar refractivity (Wildman–Crippen MR) is 74.9 cm³/mol. The molecule has 5 heteroatoms. The number of hydrogen-bond acceptors (Lipinski definition) is 2. The quantitative estimate of drug-likeness (QED) is 0.836. The molecule has 1 aromatic carbocycles. The normalized spacial score (nSPS) is 13.7. The molecule has 1 atom stereocenters. The maximum absolute atomic E-state index is 12.8. The fourth-order valence-electron chi connectivity index (χ4n) is 1.84. The molecule has 0 saturated carbocycles. The Morgan fingerprint density at radius 2 is 1.68 bits per heavy atom. The Balaban J connectivity index is 2.57. The summed E-state index contributed by atoms with van der Waals surface area (Å²) in [6.45, 7) is 6.14. The van der Waals surface area contributed by atoms with Crippen LogP contribution in [0.25, 0.3) is 0 Å². The zero-order valence-electron chi connectivity index (χ0n) is 11.7. The zero-order chi connectivity index (χ0) is 14.5. The lowest BCUT2D eigenvalue weighted by Crippen LogP contribution is -2.32. The summed E-state index contributed by atoms with van der Waals surface area (Å²) in [6.07, 6.45) is 2.88. The smallest absolute Gasteiger partial charge is 0.208 e. The van der Waals surface area contributed by atoms with Gasteiger partial charge in [0.05, 0.1) is 4.90 Å². The van der Waals surface area contributed by atoms with Crippen LogP contribution in [0.5, 0.6) is 0 Å². The number of sulfonamides is 1. The zero-order valence-corrected chi connectivity index (χ0v) is 12.5. The number of halogens is 1. The third-order valence-electron chi connectivity index (χ3n) is 2.90. The first kappa shape index (κ1) is 16.1. The second-order valence-electron chi connectivity index (χ2n) is 5.30. The standard InChI is InChI=1S/C14H22FNO2S/c1-11(2)5-4-6-12(3)16-19(17,18)14-9-7-13(15)8-10-14/h7-12,16H,4-6H2,1-3H3. The van der Waals surface area contributed by atoms with Gasteiger partial charge in [-0.05, 0) is 43.5 Å². The van der Waals surface area contributed by atoms with Crippen LogP contribution in [0.4, 0.5) is 4.39 Å². The molecule has 1 unspecified atom stereocenters. The van der Waals surface area contributed by atoms with Gasteiger partial charge in [0.15, 0.2) is 0 Å². The van der Waals surface area contributed by atoms with Crippen molar-refractivity contribution in [3.8, 4) is 0 Å². The lowest BCUT2D eigenvalue weighted by molar-refractivity contribution is 0.488. The van der Waals surface area contributed by atoms with E-state index in [0.29, 0.717) is 5.92 Å². The summed E-state index contributed by atoms with van der Waals surface area (Å²) in [7, 11) is -3.54. The van der Waals surface area contributed by atoms with Gasteiger partial charge in [-0.2, -0.15) is 0 Å². The Hall–Kier alpha value is -0.940. The van der Waals surface area contributed by atoms with Crippen molar-refractivity contribution in [3.63, 3.8) is 0 Å². The Labute approximate surface area is 115 Å². The lowest BCUT2D eigenvalue weighted by Gasteiger charge is -2.14. The minimum Gasteiger partial charge on any atom is -0.208 e. The SMILES string of the molecule is CC(C)CCCC(C)NS(=O)(=O)c1ccc(F)cc1. The highest BCUT2D eigenvalue weighted by molar-refractivity contribution is 7.89. The summed E-state index contributed by atoms with van der Waals surface area (Å²) in [5.41, 5.74) is 0. The van der Waals surface area contributed by atoms with Crippen molar-refractivity contribution in [1.82, 2.24) is 4.72 Å². The van der Waals surface area contributed by atoms with Crippen molar-refractivity contribution in [2.75, 3.05) is 0 Å². The molecular weight excluding hydrogens is 265 g/mol. The van der Waals surface area contributed by atoms with Crippen LogP contribution in [0.3, 0.4) is 0 Å². The molecule has 0 spiro atoms. The summed E-state index contributed by atoms with van der Waals surface area (Å²) in [6, 6.07) is 4.74. The second kappa shape index (κ2) is 7.01.